The summed E-state index contributed by atoms with van der Waals surface area (Å²) in [6, 6.07) is 7.78. The molecule has 1 N–H and O–H groups in total. The molecule has 0 saturated carbocycles. The van der Waals surface area contributed by atoms with E-state index in [9.17, 15) is 4.79 Å². The van der Waals surface area contributed by atoms with Crippen molar-refractivity contribution in [2.75, 3.05) is 26.1 Å². The molecule has 1 aliphatic rings. The summed E-state index contributed by atoms with van der Waals surface area (Å²) in [5.74, 6) is 2.68. The first-order chi connectivity index (χ1) is 10.5. The van der Waals surface area contributed by atoms with Crippen molar-refractivity contribution in [1.29, 1.82) is 0 Å². The zero-order valence-electron chi connectivity index (χ0n) is 12.9. The number of H-pyrrole nitrogens is 1. The van der Waals surface area contributed by atoms with Gasteiger partial charge in [-0.05, 0) is 17.7 Å². The monoisotopic (exact) mass is 298 g/mol. The van der Waals surface area contributed by atoms with Gasteiger partial charge in [0.05, 0.1) is 7.11 Å². The molecule has 1 aromatic heterocycles. The fraction of sp³-hybridized carbons (Fsp3) is 0.250. The molecule has 6 nitrogen and oxygen atoms in total. The molecule has 1 aromatic carbocycles. The zero-order chi connectivity index (χ0) is 15.9. The number of hydrogen-bond donors (Lipinski definition) is 1. The Labute approximate surface area is 129 Å². The highest BCUT2D eigenvalue weighted by Gasteiger charge is 2.31. The number of ether oxygens (including phenoxy) is 1. The van der Waals surface area contributed by atoms with Crippen LogP contribution in [-0.2, 0) is 6.42 Å². The first kappa shape index (κ1) is 14.2. The number of fused-ring (bicyclic) bond motifs is 1. The molecule has 2 heterocycles. The van der Waals surface area contributed by atoms with Gasteiger partial charge < -0.3 is 14.6 Å². The number of benzene rings is 1. The lowest BCUT2D eigenvalue weighted by molar-refractivity contribution is 0.0821. The topological polar surface area (TPSA) is 61.5 Å². The molecule has 3 rings (SSSR count). The predicted molar refractivity (Wildman–Crippen MR) is 84.0 cm³/mol. The molecule has 1 aliphatic heterocycles. The summed E-state index contributed by atoms with van der Waals surface area (Å²) >= 11 is 0. The number of methoxy groups -OCH3 is 1. The summed E-state index contributed by atoms with van der Waals surface area (Å²) in [4.78, 5) is 23.3. The van der Waals surface area contributed by atoms with Crippen molar-refractivity contribution in [1.82, 2.24) is 14.9 Å². The number of carbonyl (C=O) groups is 1. The van der Waals surface area contributed by atoms with Crippen LogP contribution in [0, 0.1) is 0 Å². The lowest BCUT2D eigenvalue weighted by atomic mass is 10.1. The fourth-order valence-corrected chi connectivity index (χ4v) is 2.46. The van der Waals surface area contributed by atoms with E-state index in [2.05, 4.69) is 16.5 Å². The molecule has 0 spiro atoms. The van der Waals surface area contributed by atoms with Crippen molar-refractivity contribution in [2.24, 2.45) is 0 Å². The second kappa shape index (κ2) is 5.22. The molecule has 1 amide bonds. The molecule has 0 atom stereocenters. The number of carbonyl (C=O) groups excluding carboxylic acids is 1. The second-order valence-electron chi connectivity index (χ2n) is 5.25. The van der Waals surface area contributed by atoms with Crippen LogP contribution in [0.5, 0.6) is 5.75 Å². The van der Waals surface area contributed by atoms with Gasteiger partial charge in [0, 0.05) is 20.5 Å². The number of aromatic amines is 1. The summed E-state index contributed by atoms with van der Waals surface area (Å²) in [5, 5.41) is 0. The lowest BCUT2D eigenvalue weighted by Gasteiger charge is -2.32. The number of aromatic nitrogens is 2. The minimum absolute atomic E-state index is 0.119. The van der Waals surface area contributed by atoms with Crippen molar-refractivity contribution in [3.63, 3.8) is 0 Å². The smallest absolute Gasteiger partial charge is 0.279 e. The molecule has 0 aliphatic carbocycles. The van der Waals surface area contributed by atoms with E-state index < -0.39 is 0 Å². The largest absolute Gasteiger partial charge is 0.497 e. The van der Waals surface area contributed by atoms with Gasteiger partial charge >= 0.3 is 0 Å². The molecule has 114 valence electrons. The summed E-state index contributed by atoms with van der Waals surface area (Å²) in [6.07, 6.45) is 0.619. The quantitative estimate of drug-likeness (QED) is 0.941. The number of amides is 1. The Balaban J connectivity index is 1.89. The maximum atomic E-state index is 12.3. The van der Waals surface area contributed by atoms with Gasteiger partial charge in [-0.1, -0.05) is 18.7 Å². The summed E-state index contributed by atoms with van der Waals surface area (Å²) in [5.41, 5.74) is 1.59. The number of hydrogen-bond acceptors (Lipinski definition) is 4. The van der Waals surface area contributed by atoms with Gasteiger partial charge in [-0.2, -0.15) is 0 Å². The van der Waals surface area contributed by atoms with E-state index in [0.29, 0.717) is 23.8 Å². The van der Waals surface area contributed by atoms with Crippen LogP contribution in [0.1, 0.15) is 21.9 Å². The van der Waals surface area contributed by atoms with E-state index in [0.717, 1.165) is 17.1 Å². The minimum atomic E-state index is -0.119. The minimum Gasteiger partial charge on any atom is -0.497 e. The number of imidazole rings is 1. The third kappa shape index (κ3) is 2.22. The van der Waals surface area contributed by atoms with Crippen LogP contribution in [0.15, 0.2) is 36.7 Å². The van der Waals surface area contributed by atoms with E-state index in [1.807, 2.05) is 36.2 Å². The van der Waals surface area contributed by atoms with E-state index in [4.69, 9.17) is 4.74 Å². The SMILES string of the molecule is C=C1N(C)C(=O)c2[nH]c(Cc3ccc(OC)cc3)nc2N1C. The molecular weight excluding hydrogens is 280 g/mol. The number of anilines is 1. The van der Waals surface area contributed by atoms with Crippen LogP contribution in [0.25, 0.3) is 0 Å². The molecule has 2 aromatic rings. The predicted octanol–water partition coefficient (Wildman–Crippen LogP) is 2.00. The van der Waals surface area contributed by atoms with E-state index in [1.54, 1.807) is 14.2 Å². The van der Waals surface area contributed by atoms with Crippen LogP contribution < -0.4 is 9.64 Å². The normalized spacial score (nSPS) is 14.3. The van der Waals surface area contributed by atoms with Crippen LogP contribution >= 0.6 is 0 Å². The van der Waals surface area contributed by atoms with Gasteiger partial charge in [0.15, 0.2) is 5.82 Å². The highest BCUT2D eigenvalue weighted by atomic mass is 16.5. The van der Waals surface area contributed by atoms with Crippen molar-refractivity contribution in [2.45, 2.75) is 6.42 Å². The first-order valence-electron chi connectivity index (χ1n) is 6.93. The molecule has 22 heavy (non-hydrogen) atoms. The molecule has 0 radical (unpaired) electrons. The average Bonchev–Trinajstić information content (AvgIpc) is 2.95. The summed E-state index contributed by atoms with van der Waals surface area (Å²) < 4.78 is 5.15. The average molecular weight is 298 g/mol. The second-order valence-corrected chi connectivity index (χ2v) is 5.25. The zero-order valence-corrected chi connectivity index (χ0v) is 12.9. The Morgan fingerprint density at radius 2 is 1.91 bits per heavy atom. The van der Waals surface area contributed by atoms with Gasteiger partial charge in [0.2, 0.25) is 0 Å². The van der Waals surface area contributed by atoms with Crippen molar-refractivity contribution < 1.29 is 9.53 Å². The van der Waals surface area contributed by atoms with E-state index in [1.165, 1.54) is 4.90 Å². The highest BCUT2D eigenvalue weighted by molar-refractivity contribution is 6.00. The van der Waals surface area contributed by atoms with Crippen molar-refractivity contribution in [3.05, 3.63) is 53.7 Å². The highest BCUT2D eigenvalue weighted by Crippen LogP contribution is 2.28. The van der Waals surface area contributed by atoms with E-state index in [-0.39, 0.29) is 5.91 Å². The molecular formula is C16H18N4O2. The van der Waals surface area contributed by atoms with Crippen LogP contribution in [0.2, 0.25) is 0 Å². The van der Waals surface area contributed by atoms with Crippen LogP contribution in [0.4, 0.5) is 5.82 Å². The maximum Gasteiger partial charge on any atom is 0.279 e. The number of nitrogens with one attached hydrogen (secondary N) is 1. The van der Waals surface area contributed by atoms with Gasteiger partial charge in [0.25, 0.3) is 5.91 Å². The Kier molecular flexibility index (Phi) is 3.36. The standard InChI is InChI=1S/C16H18N4O2/c1-10-19(2)15-14(16(21)20(10)3)17-13(18-15)9-11-5-7-12(22-4)8-6-11/h5-8H,1,9H2,2-4H3,(H,17,18). The maximum absolute atomic E-state index is 12.3. The molecule has 0 unspecified atom stereocenters. The van der Waals surface area contributed by atoms with Gasteiger partial charge in [-0.3, -0.25) is 9.69 Å². The number of nitrogens with zero attached hydrogens (tertiary/aromatic N) is 3. The molecule has 0 saturated heterocycles. The van der Waals surface area contributed by atoms with Gasteiger partial charge in [0.1, 0.15) is 23.1 Å². The Morgan fingerprint density at radius 1 is 1.23 bits per heavy atom. The Morgan fingerprint density at radius 3 is 2.55 bits per heavy atom. The Bertz CT molecular complexity index is 733. The lowest BCUT2D eigenvalue weighted by Crippen LogP contribution is -2.40. The third-order valence-corrected chi connectivity index (χ3v) is 3.87. The van der Waals surface area contributed by atoms with Gasteiger partial charge in [-0.25, -0.2) is 4.98 Å². The van der Waals surface area contributed by atoms with Crippen molar-refractivity contribution in [3.8, 4) is 5.75 Å². The molecule has 6 heteroatoms. The fourth-order valence-electron chi connectivity index (χ4n) is 2.46. The Hall–Kier alpha value is -2.76. The summed E-state index contributed by atoms with van der Waals surface area (Å²) in [7, 11) is 5.19. The first-order valence-corrected chi connectivity index (χ1v) is 6.93. The van der Waals surface area contributed by atoms with Crippen molar-refractivity contribution >= 4 is 11.7 Å². The third-order valence-electron chi connectivity index (χ3n) is 3.87. The van der Waals surface area contributed by atoms with Crippen LogP contribution in [0.3, 0.4) is 0 Å². The van der Waals surface area contributed by atoms with Gasteiger partial charge in [-0.15, -0.1) is 0 Å². The van der Waals surface area contributed by atoms with Crippen LogP contribution in [-0.4, -0.2) is 42.0 Å². The molecule has 0 bridgehead atoms. The molecule has 0 fully saturated rings. The summed E-state index contributed by atoms with van der Waals surface area (Å²) in [6.45, 7) is 3.90. The number of rotatable bonds is 3. The van der Waals surface area contributed by atoms with E-state index >= 15 is 0 Å².